The number of thiophene rings is 1. The maximum Gasteiger partial charge on any atom is 0.197 e. The highest BCUT2D eigenvalue weighted by molar-refractivity contribution is 7.80. The van der Waals surface area contributed by atoms with Crippen molar-refractivity contribution in [3.05, 3.63) is 16.0 Å². The molecule has 0 atom stereocenters. The van der Waals surface area contributed by atoms with Crippen LogP contribution in [0.4, 0.5) is 5.88 Å². The molecule has 9 heteroatoms. The Labute approximate surface area is 161 Å². The van der Waals surface area contributed by atoms with E-state index < -0.39 is 0 Å². The predicted molar refractivity (Wildman–Crippen MR) is 105 cm³/mol. The number of methoxy groups -OCH3 is 1. The molecule has 0 aliphatic carbocycles. The molecule has 0 saturated carbocycles. The summed E-state index contributed by atoms with van der Waals surface area (Å²) in [6, 6.07) is 1.85. The van der Waals surface area contributed by atoms with E-state index in [-0.39, 0.29) is 6.61 Å². The third kappa shape index (κ3) is 6.21. The van der Waals surface area contributed by atoms with Crippen molar-refractivity contribution in [2.24, 2.45) is 0 Å². The highest BCUT2D eigenvalue weighted by Crippen LogP contribution is 2.33. The van der Waals surface area contributed by atoms with Gasteiger partial charge < -0.3 is 28.6 Å². The summed E-state index contributed by atoms with van der Waals surface area (Å²) in [5.41, 5.74) is 0.706. The van der Waals surface area contributed by atoms with E-state index in [1.54, 1.807) is 7.11 Å². The topological polar surface area (TPSA) is 64.3 Å². The van der Waals surface area contributed by atoms with E-state index in [1.807, 2.05) is 16.3 Å². The fraction of sp³-hybridized carbons (Fsp3) is 0.562. The van der Waals surface area contributed by atoms with Gasteiger partial charge in [0.2, 0.25) is 0 Å². The largest absolute Gasteiger partial charge is 0.438 e. The van der Waals surface area contributed by atoms with Crippen molar-refractivity contribution in [3.63, 3.8) is 0 Å². The Morgan fingerprint density at radius 2 is 1.92 bits per heavy atom. The predicted octanol–water partition coefficient (Wildman–Crippen LogP) is 2.99. The van der Waals surface area contributed by atoms with Crippen molar-refractivity contribution in [3.8, 4) is 0 Å². The molecule has 0 amide bonds. The van der Waals surface area contributed by atoms with Gasteiger partial charge in [0.25, 0.3) is 0 Å². The van der Waals surface area contributed by atoms with Crippen molar-refractivity contribution >= 4 is 52.4 Å². The SMILES string of the molecule is COCCOCCN(CCOCCO)c1cc(=S)c2scc(S)c2o1. The Morgan fingerprint density at radius 3 is 2.60 bits per heavy atom. The number of fused-ring (bicyclic) bond motifs is 1. The number of hydrogen-bond acceptors (Lipinski definition) is 9. The van der Waals surface area contributed by atoms with Crippen molar-refractivity contribution < 1.29 is 23.7 Å². The zero-order valence-electron chi connectivity index (χ0n) is 14.1. The van der Waals surface area contributed by atoms with Crippen LogP contribution in [0.3, 0.4) is 0 Å². The van der Waals surface area contributed by atoms with Crippen LogP contribution in [0.1, 0.15) is 0 Å². The van der Waals surface area contributed by atoms with Gasteiger partial charge in [-0.1, -0.05) is 12.2 Å². The minimum Gasteiger partial charge on any atom is -0.438 e. The molecule has 0 radical (unpaired) electrons. The van der Waals surface area contributed by atoms with Gasteiger partial charge in [-0.15, -0.1) is 24.0 Å². The van der Waals surface area contributed by atoms with Gasteiger partial charge in [-0.25, -0.2) is 0 Å². The molecule has 0 bridgehead atoms. The zero-order chi connectivity index (χ0) is 18.1. The summed E-state index contributed by atoms with van der Waals surface area (Å²) in [5, 5.41) is 10.7. The van der Waals surface area contributed by atoms with Crippen molar-refractivity contribution in [1.29, 1.82) is 0 Å². The maximum atomic E-state index is 8.82. The monoisotopic (exact) mass is 405 g/mol. The van der Waals surface area contributed by atoms with E-state index in [9.17, 15) is 0 Å². The van der Waals surface area contributed by atoms with Crippen molar-refractivity contribution in [2.45, 2.75) is 4.90 Å². The van der Waals surface area contributed by atoms with E-state index in [0.29, 0.717) is 57.6 Å². The van der Waals surface area contributed by atoms with Gasteiger partial charge in [0.15, 0.2) is 11.5 Å². The first-order valence-corrected chi connectivity index (χ1v) is 9.65. The van der Waals surface area contributed by atoms with Crippen LogP contribution >= 0.6 is 36.2 Å². The Hall–Kier alpha value is -0.680. The van der Waals surface area contributed by atoms with Gasteiger partial charge in [0.05, 0.1) is 53.7 Å². The summed E-state index contributed by atoms with van der Waals surface area (Å²) >= 11 is 11.4. The molecule has 0 unspecified atom stereocenters. The molecule has 0 spiro atoms. The number of anilines is 1. The summed E-state index contributed by atoms with van der Waals surface area (Å²) in [5.74, 6) is 0.661. The van der Waals surface area contributed by atoms with Gasteiger partial charge in [-0.2, -0.15) is 0 Å². The summed E-state index contributed by atoms with van der Waals surface area (Å²) in [4.78, 5) is 2.80. The summed E-state index contributed by atoms with van der Waals surface area (Å²) < 4.78 is 23.6. The van der Waals surface area contributed by atoms with Gasteiger partial charge in [-0.3, -0.25) is 0 Å². The highest BCUT2D eigenvalue weighted by atomic mass is 32.1. The quantitative estimate of drug-likeness (QED) is 0.320. The molecule has 0 saturated heterocycles. The lowest BCUT2D eigenvalue weighted by Gasteiger charge is -2.23. The third-order valence-corrected chi connectivity index (χ3v) is 5.36. The standard InChI is InChI=1S/C16H23NO5S3/c1-19-8-9-21-6-3-17(2-5-20-7-4-18)14-10-12(23)16-15(22-14)13(24)11-25-16/h10-11,18,24H,2-9H2,1H3. The molecule has 0 fully saturated rings. The van der Waals surface area contributed by atoms with Gasteiger partial charge in [0.1, 0.15) is 0 Å². The molecule has 1 N–H and O–H groups in total. The second-order valence-electron chi connectivity index (χ2n) is 5.16. The van der Waals surface area contributed by atoms with Crippen LogP contribution in [-0.4, -0.2) is 64.9 Å². The lowest BCUT2D eigenvalue weighted by molar-refractivity contribution is 0.0716. The van der Waals surface area contributed by atoms with Gasteiger partial charge in [0, 0.05) is 31.6 Å². The number of nitrogens with zero attached hydrogens (tertiary/aromatic N) is 1. The fourth-order valence-electron chi connectivity index (χ4n) is 2.17. The first kappa shape index (κ1) is 20.6. The number of ether oxygens (including phenoxy) is 3. The lowest BCUT2D eigenvalue weighted by atomic mass is 10.4. The molecule has 2 rings (SSSR count). The molecule has 2 aromatic heterocycles. The van der Waals surface area contributed by atoms with Gasteiger partial charge in [-0.05, 0) is 0 Å². The molecule has 140 valence electrons. The van der Waals surface area contributed by atoms with E-state index in [1.165, 1.54) is 11.3 Å². The van der Waals surface area contributed by atoms with E-state index in [2.05, 4.69) is 12.6 Å². The van der Waals surface area contributed by atoms with Gasteiger partial charge >= 0.3 is 0 Å². The summed E-state index contributed by atoms with van der Waals surface area (Å²) in [6.45, 7) is 3.64. The first-order chi connectivity index (χ1) is 12.2. The minimum absolute atomic E-state index is 0.00465. The van der Waals surface area contributed by atoms with E-state index in [4.69, 9.17) is 36.0 Å². The second-order valence-corrected chi connectivity index (χ2v) is 6.96. The summed E-state index contributed by atoms with van der Waals surface area (Å²) in [7, 11) is 1.64. The van der Waals surface area contributed by atoms with Crippen molar-refractivity contribution in [2.75, 3.05) is 64.7 Å². The Morgan fingerprint density at radius 1 is 1.20 bits per heavy atom. The number of aliphatic hydroxyl groups is 1. The van der Waals surface area contributed by atoms with Crippen molar-refractivity contribution in [1.82, 2.24) is 0 Å². The normalized spacial score (nSPS) is 11.3. The van der Waals surface area contributed by atoms with Crippen LogP contribution in [0.5, 0.6) is 0 Å². The molecular weight excluding hydrogens is 382 g/mol. The zero-order valence-corrected chi connectivity index (χ0v) is 16.6. The molecular formula is C16H23NO5S3. The molecule has 6 nitrogen and oxygen atoms in total. The second kappa shape index (κ2) is 11.1. The van der Waals surface area contributed by atoms with Crippen LogP contribution in [0.25, 0.3) is 10.3 Å². The Kier molecular flexibility index (Phi) is 9.18. The van der Waals surface area contributed by atoms with E-state index in [0.717, 1.165) is 14.1 Å². The maximum absolute atomic E-state index is 8.82. The molecule has 2 heterocycles. The van der Waals surface area contributed by atoms with Crippen LogP contribution in [0.15, 0.2) is 20.8 Å². The average Bonchev–Trinajstić information content (AvgIpc) is 2.98. The smallest absolute Gasteiger partial charge is 0.197 e. The number of thiol groups is 1. The number of aliphatic hydroxyl groups excluding tert-OH is 1. The first-order valence-electron chi connectivity index (χ1n) is 7.92. The fourth-order valence-corrected chi connectivity index (χ4v) is 3.67. The number of rotatable bonds is 12. The minimum atomic E-state index is 0.00465. The third-order valence-electron chi connectivity index (χ3n) is 3.40. The van der Waals surface area contributed by atoms with Crippen LogP contribution in [0.2, 0.25) is 0 Å². The molecule has 2 aromatic rings. The molecule has 0 aliphatic rings. The van der Waals surface area contributed by atoms with E-state index >= 15 is 0 Å². The number of hydrogen-bond donors (Lipinski definition) is 2. The Balaban J connectivity index is 2.09. The van der Waals surface area contributed by atoms with Crippen LogP contribution < -0.4 is 4.90 Å². The van der Waals surface area contributed by atoms with Crippen LogP contribution in [-0.2, 0) is 14.2 Å². The highest BCUT2D eigenvalue weighted by Gasteiger charge is 2.13. The lowest BCUT2D eigenvalue weighted by Crippen LogP contribution is -2.31. The molecule has 25 heavy (non-hydrogen) atoms. The van der Waals surface area contributed by atoms with Crippen LogP contribution in [0, 0.1) is 4.51 Å². The Bertz CT molecular complexity index is 703. The molecule has 0 aromatic carbocycles. The summed E-state index contributed by atoms with van der Waals surface area (Å²) in [6.07, 6.45) is 0. The average molecular weight is 406 g/mol. The molecule has 0 aliphatic heterocycles.